The maximum atomic E-state index is 4.04. The Bertz CT molecular complexity index is 861. The molecular formula is C20H18O3. The lowest BCUT2D eigenvalue weighted by atomic mass is 9.86. The topological polar surface area (TPSA) is 27.7 Å². The molecule has 0 unspecified atom stereocenters. The fourth-order valence-corrected chi connectivity index (χ4v) is 3.46. The number of hydrogen-bond acceptors (Lipinski definition) is 3. The molecular weight excluding hydrogens is 288 g/mol. The summed E-state index contributed by atoms with van der Waals surface area (Å²) < 4.78 is 0. The normalized spacial score (nSPS) is 15.5. The molecule has 0 aromatic heterocycles. The van der Waals surface area contributed by atoms with Gasteiger partial charge in [0.1, 0.15) is 0 Å². The highest BCUT2D eigenvalue weighted by Gasteiger charge is 2.13. The minimum atomic E-state index is 1.25. The van der Waals surface area contributed by atoms with Gasteiger partial charge in [-0.3, -0.25) is 0 Å². The van der Waals surface area contributed by atoms with E-state index in [1.807, 2.05) is 0 Å². The first-order chi connectivity index (χ1) is 11.4. The summed E-state index contributed by atoms with van der Waals surface area (Å²) in [5, 5.41) is 9.48. The van der Waals surface area contributed by atoms with Crippen LogP contribution in [-0.4, -0.2) is 0 Å². The zero-order valence-electron chi connectivity index (χ0n) is 12.8. The molecule has 116 valence electrons. The Balaban J connectivity index is 0.000000233. The zero-order valence-corrected chi connectivity index (χ0v) is 12.8. The molecule has 3 heteroatoms. The largest absolute Gasteiger partial charge is 0.304 e. The highest BCUT2D eigenvalue weighted by atomic mass is 17.5. The molecule has 23 heavy (non-hydrogen) atoms. The number of benzene rings is 3. The van der Waals surface area contributed by atoms with Crippen molar-refractivity contribution in [2.75, 3.05) is 0 Å². The summed E-state index contributed by atoms with van der Waals surface area (Å²) in [7, 11) is 0. The van der Waals surface area contributed by atoms with Crippen molar-refractivity contribution in [1.29, 1.82) is 0 Å². The molecule has 3 nitrogen and oxygen atoms in total. The first-order valence-electron chi connectivity index (χ1n) is 7.99. The van der Waals surface area contributed by atoms with Crippen LogP contribution in [0.15, 0.2) is 61.1 Å². The van der Waals surface area contributed by atoms with Gasteiger partial charge in [0, 0.05) is 5.04 Å². The van der Waals surface area contributed by atoms with Crippen molar-refractivity contribution in [2.24, 2.45) is 0 Å². The summed E-state index contributed by atoms with van der Waals surface area (Å²) in [5.41, 5.74) is 3.17. The average Bonchev–Trinajstić information content (AvgIpc) is 3.21. The van der Waals surface area contributed by atoms with Gasteiger partial charge in [0.25, 0.3) is 0 Å². The van der Waals surface area contributed by atoms with Crippen LogP contribution in [0.3, 0.4) is 0 Å². The van der Waals surface area contributed by atoms with Gasteiger partial charge in [-0.15, -0.1) is 0 Å². The third-order valence-corrected chi connectivity index (χ3v) is 4.50. The quantitative estimate of drug-likeness (QED) is 0.421. The molecule has 1 heterocycles. The highest BCUT2D eigenvalue weighted by Crippen LogP contribution is 2.33. The third-order valence-electron chi connectivity index (χ3n) is 4.50. The van der Waals surface area contributed by atoms with Gasteiger partial charge in [-0.1, -0.05) is 48.5 Å². The van der Waals surface area contributed by atoms with E-state index in [0.717, 1.165) is 0 Å². The molecule has 1 aliphatic heterocycles. The Morgan fingerprint density at radius 3 is 2.26 bits per heavy atom. The fraction of sp³-hybridized carbons (Fsp3) is 0.200. The standard InChI is InChI=1S/C18H16.C2H2O3/c1-3-7-15-13(5-1)9-11-18-16-8-4-2-6-14(16)10-12-17(15)18;1-2-4-5-3-1/h1,3,5,7,9-12H,2,4,6,8H2;1-2H. The molecule has 0 fully saturated rings. The summed E-state index contributed by atoms with van der Waals surface area (Å²) in [6.07, 6.45) is 7.80. The maximum Gasteiger partial charge on any atom is 0.172 e. The van der Waals surface area contributed by atoms with E-state index in [2.05, 4.69) is 63.3 Å². The SMILES string of the molecule is C1=COOO1.c1ccc2c(c1)ccc1c3c(ccc12)CCCC3. The van der Waals surface area contributed by atoms with Gasteiger partial charge < -0.3 is 9.78 Å². The predicted octanol–water partition coefficient (Wildman–Crippen LogP) is 5.22. The summed E-state index contributed by atoms with van der Waals surface area (Å²) in [6.45, 7) is 0. The molecule has 0 bridgehead atoms. The van der Waals surface area contributed by atoms with Gasteiger partial charge in [0.15, 0.2) is 12.5 Å². The van der Waals surface area contributed by atoms with E-state index >= 15 is 0 Å². The lowest BCUT2D eigenvalue weighted by molar-refractivity contribution is -0.440. The number of fused-ring (bicyclic) bond motifs is 5. The van der Waals surface area contributed by atoms with Crippen LogP contribution in [0.25, 0.3) is 21.5 Å². The van der Waals surface area contributed by atoms with Crippen LogP contribution in [0.4, 0.5) is 0 Å². The molecule has 1 aliphatic carbocycles. The van der Waals surface area contributed by atoms with Crippen LogP contribution in [0.1, 0.15) is 24.0 Å². The van der Waals surface area contributed by atoms with E-state index in [1.54, 1.807) is 11.1 Å². The summed E-state index contributed by atoms with van der Waals surface area (Å²) in [6, 6.07) is 18.0. The second-order valence-electron chi connectivity index (χ2n) is 5.82. The molecule has 5 rings (SSSR count). The molecule has 0 atom stereocenters. The van der Waals surface area contributed by atoms with Crippen molar-refractivity contribution in [3.63, 3.8) is 0 Å². The molecule has 0 spiro atoms. The maximum absolute atomic E-state index is 4.04. The van der Waals surface area contributed by atoms with E-state index in [4.69, 9.17) is 0 Å². The van der Waals surface area contributed by atoms with Crippen molar-refractivity contribution in [3.8, 4) is 0 Å². The second kappa shape index (κ2) is 6.31. The van der Waals surface area contributed by atoms with Crippen LogP contribution >= 0.6 is 0 Å². The smallest absolute Gasteiger partial charge is 0.172 e. The van der Waals surface area contributed by atoms with Crippen molar-refractivity contribution >= 4 is 21.5 Å². The van der Waals surface area contributed by atoms with Crippen LogP contribution in [-0.2, 0) is 27.7 Å². The first-order valence-corrected chi connectivity index (χ1v) is 7.99. The zero-order chi connectivity index (χ0) is 15.5. The van der Waals surface area contributed by atoms with Gasteiger partial charge in [-0.05, 0) is 58.4 Å². The van der Waals surface area contributed by atoms with Gasteiger partial charge in [-0.25, -0.2) is 0 Å². The van der Waals surface area contributed by atoms with Gasteiger partial charge in [-0.2, -0.15) is 0 Å². The Labute approximate surface area is 134 Å². The van der Waals surface area contributed by atoms with Crippen LogP contribution in [0.2, 0.25) is 0 Å². The van der Waals surface area contributed by atoms with Crippen molar-refractivity contribution in [2.45, 2.75) is 25.7 Å². The van der Waals surface area contributed by atoms with Gasteiger partial charge in [0.2, 0.25) is 0 Å². The summed E-state index contributed by atoms with van der Waals surface area (Å²) in [5.74, 6) is 0. The lowest BCUT2D eigenvalue weighted by Gasteiger charge is -2.18. The lowest BCUT2D eigenvalue weighted by Crippen LogP contribution is -2.02. The summed E-state index contributed by atoms with van der Waals surface area (Å²) >= 11 is 0. The van der Waals surface area contributed by atoms with E-state index in [0.29, 0.717) is 0 Å². The fourth-order valence-electron chi connectivity index (χ4n) is 3.46. The predicted molar refractivity (Wildman–Crippen MR) is 90.5 cm³/mol. The Morgan fingerprint density at radius 1 is 0.652 bits per heavy atom. The van der Waals surface area contributed by atoms with Crippen LogP contribution in [0, 0.1) is 0 Å². The molecule has 0 saturated heterocycles. The van der Waals surface area contributed by atoms with Gasteiger partial charge in [0.05, 0.1) is 0 Å². The van der Waals surface area contributed by atoms with Crippen LogP contribution < -0.4 is 0 Å². The molecule has 0 radical (unpaired) electrons. The molecule has 3 aromatic carbocycles. The number of hydrogen-bond donors (Lipinski definition) is 0. The second-order valence-corrected chi connectivity index (χ2v) is 5.82. The Hall–Kier alpha value is -2.52. The van der Waals surface area contributed by atoms with E-state index < -0.39 is 0 Å². The Morgan fingerprint density at radius 2 is 1.43 bits per heavy atom. The third kappa shape index (κ3) is 2.76. The molecule has 0 saturated carbocycles. The monoisotopic (exact) mass is 306 g/mol. The summed E-state index contributed by atoms with van der Waals surface area (Å²) in [4.78, 5) is 8.08. The average molecular weight is 306 g/mol. The van der Waals surface area contributed by atoms with E-state index in [9.17, 15) is 0 Å². The van der Waals surface area contributed by atoms with E-state index in [1.165, 1.54) is 59.8 Å². The molecule has 3 aromatic rings. The molecule has 2 aliphatic rings. The minimum absolute atomic E-state index is 1.25. The van der Waals surface area contributed by atoms with E-state index in [-0.39, 0.29) is 0 Å². The van der Waals surface area contributed by atoms with Crippen molar-refractivity contribution < 1.29 is 14.8 Å². The number of rotatable bonds is 0. The minimum Gasteiger partial charge on any atom is -0.304 e. The molecule has 0 N–H and O–H groups in total. The first kappa shape index (κ1) is 14.1. The Kier molecular flexibility index (Phi) is 3.86. The van der Waals surface area contributed by atoms with Crippen molar-refractivity contribution in [1.82, 2.24) is 0 Å². The highest BCUT2D eigenvalue weighted by molar-refractivity contribution is 6.08. The van der Waals surface area contributed by atoms with Gasteiger partial charge >= 0.3 is 0 Å². The van der Waals surface area contributed by atoms with Crippen molar-refractivity contribution in [3.05, 3.63) is 72.2 Å². The van der Waals surface area contributed by atoms with Crippen LogP contribution in [0.5, 0.6) is 0 Å². The number of aryl methyl sites for hydroxylation is 2. The molecule has 0 amide bonds.